The molecule has 1 aliphatic heterocycles. The first-order valence-electron chi connectivity index (χ1n) is 8.01. The number of amides is 1. The molecule has 4 rings (SSSR count). The van der Waals surface area contributed by atoms with Crippen LogP contribution in [0.3, 0.4) is 0 Å². The normalized spacial score (nSPS) is 13.3. The van der Waals surface area contributed by atoms with Crippen molar-refractivity contribution >= 4 is 34.0 Å². The number of benzene rings is 3. The quantitative estimate of drug-likeness (QED) is 0.679. The smallest absolute Gasteiger partial charge is 0.260 e. The lowest BCUT2D eigenvalue weighted by Crippen LogP contribution is -2.37. The number of carbonyl (C=O) groups excluding carboxylic acids is 1. The predicted octanol–water partition coefficient (Wildman–Crippen LogP) is 4.68. The van der Waals surface area contributed by atoms with Crippen LogP contribution in [0.5, 0.6) is 0 Å². The monoisotopic (exact) mass is 354 g/mol. The summed E-state index contributed by atoms with van der Waals surface area (Å²) in [6.07, 6.45) is 0. The van der Waals surface area contributed by atoms with E-state index in [1.807, 2.05) is 48.3 Å². The van der Waals surface area contributed by atoms with Crippen molar-refractivity contribution in [2.45, 2.75) is 6.54 Å². The Morgan fingerprint density at radius 2 is 1.80 bits per heavy atom. The Morgan fingerprint density at radius 1 is 1.08 bits per heavy atom. The average molecular weight is 355 g/mol. The van der Waals surface area contributed by atoms with Crippen LogP contribution >= 0.6 is 11.6 Å². The molecule has 5 heteroatoms. The van der Waals surface area contributed by atoms with Crippen molar-refractivity contribution in [2.75, 3.05) is 18.6 Å². The zero-order chi connectivity index (χ0) is 17.6. The van der Waals surface area contributed by atoms with E-state index in [0.717, 1.165) is 16.5 Å². The molecule has 0 atom stereocenters. The third-order valence-electron chi connectivity index (χ3n) is 4.52. The summed E-state index contributed by atoms with van der Waals surface area (Å²) in [5.41, 5.74) is 2.05. The van der Waals surface area contributed by atoms with Crippen molar-refractivity contribution in [3.8, 4) is 0 Å². The van der Waals surface area contributed by atoms with Gasteiger partial charge in [-0.15, -0.1) is 0 Å². The summed E-state index contributed by atoms with van der Waals surface area (Å²) in [5, 5.41) is 2.42. The van der Waals surface area contributed by atoms with Gasteiger partial charge >= 0.3 is 0 Å². The largest absolute Gasteiger partial charge is 0.294 e. The molecule has 3 nitrogen and oxygen atoms in total. The lowest BCUT2D eigenvalue weighted by Gasteiger charge is -2.25. The molecule has 0 spiro atoms. The van der Waals surface area contributed by atoms with Crippen molar-refractivity contribution in [1.29, 1.82) is 0 Å². The zero-order valence-electron chi connectivity index (χ0n) is 13.7. The van der Waals surface area contributed by atoms with E-state index in [2.05, 4.69) is 0 Å². The molecular weight excluding hydrogens is 339 g/mol. The summed E-state index contributed by atoms with van der Waals surface area (Å²) in [7, 11) is 1.85. The Kier molecular flexibility index (Phi) is 3.94. The minimum atomic E-state index is -0.336. The molecule has 0 N–H and O–H groups in total. The van der Waals surface area contributed by atoms with Crippen LogP contribution in [0.15, 0.2) is 54.6 Å². The SMILES string of the molecule is CN(Cc1c(F)cccc1Cl)CN1C(=O)c2cccc3cccc1c23. The number of hydrogen-bond donors (Lipinski definition) is 0. The number of hydrogen-bond acceptors (Lipinski definition) is 2. The van der Waals surface area contributed by atoms with Gasteiger partial charge in [0.2, 0.25) is 0 Å². The molecule has 126 valence electrons. The Hall–Kier alpha value is -2.43. The summed E-state index contributed by atoms with van der Waals surface area (Å²) in [6.45, 7) is 0.679. The summed E-state index contributed by atoms with van der Waals surface area (Å²) in [4.78, 5) is 16.4. The van der Waals surface area contributed by atoms with E-state index in [1.54, 1.807) is 17.0 Å². The van der Waals surface area contributed by atoms with Gasteiger partial charge in [-0.2, -0.15) is 0 Å². The van der Waals surface area contributed by atoms with Crippen LogP contribution in [-0.2, 0) is 6.54 Å². The fraction of sp³-hybridized carbons (Fsp3) is 0.150. The molecule has 3 aromatic carbocycles. The van der Waals surface area contributed by atoms with Gasteiger partial charge in [0.15, 0.2) is 0 Å². The number of halogens is 2. The second kappa shape index (κ2) is 6.14. The fourth-order valence-corrected chi connectivity index (χ4v) is 3.59. The summed E-state index contributed by atoms with van der Waals surface area (Å²) >= 11 is 6.11. The van der Waals surface area contributed by atoms with Gasteiger partial charge in [0.1, 0.15) is 5.82 Å². The third kappa shape index (κ3) is 2.68. The van der Waals surface area contributed by atoms with Crippen molar-refractivity contribution < 1.29 is 9.18 Å². The molecule has 3 aromatic rings. The first-order chi connectivity index (χ1) is 12.1. The second-order valence-electron chi connectivity index (χ2n) is 6.27. The molecule has 0 aliphatic carbocycles. The van der Waals surface area contributed by atoms with E-state index in [1.165, 1.54) is 6.07 Å². The first-order valence-corrected chi connectivity index (χ1v) is 8.39. The van der Waals surface area contributed by atoms with Crippen LogP contribution in [-0.4, -0.2) is 24.5 Å². The lowest BCUT2D eigenvalue weighted by molar-refractivity contribution is 0.0977. The summed E-state index contributed by atoms with van der Waals surface area (Å²) in [6, 6.07) is 16.3. The number of carbonyl (C=O) groups is 1. The second-order valence-corrected chi connectivity index (χ2v) is 6.68. The van der Waals surface area contributed by atoms with E-state index in [-0.39, 0.29) is 11.7 Å². The average Bonchev–Trinajstić information content (AvgIpc) is 2.87. The molecular formula is C20H16ClFN2O. The van der Waals surface area contributed by atoms with Gasteiger partial charge in [0.05, 0.1) is 12.4 Å². The van der Waals surface area contributed by atoms with Gasteiger partial charge < -0.3 is 0 Å². The zero-order valence-corrected chi connectivity index (χ0v) is 14.4. The molecule has 0 fully saturated rings. The highest BCUT2D eigenvalue weighted by molar-refractivity contribution is 6.31. The third-order valence-corrected chi connectivity index (χ3v) is 4.88. The van der Waals surface area contributed by atoms with Crippen LogP contribution in [0.4, 0.5) is 10.1 Å². The van der Waals surface area contributed by atoms with Crippen LogP contribution in [0.1, 0.15) is 15.9 Å². The van der Waals surface area contributed by atoms with Gasteiger partial charge in [-0.05, 0) is 36.7 Å². The molecule has 0 saturated carbocycles. The molecule has 0 aromatic heterocycles. The van der Waals surface area contributed by atoms with E-state index in [4.69, 9.17) is 11.6 Å². The van der Waals surface area contributed by atoms with E-state index in [0.29, 0.717) is 29.4 Å². The van der Waals surface area contributed by atoms with Gasteiger partial charge in [-0.25, -0.2) is 4.39 Å². The van der Waals surface area contributed by atoms with Crippen molar-refractivity contribution in [3.63, 3.8) is 0 Å². The highest BCUT2D eigenvalue weighted by Gasteiger charge is 2.30. The summed E-state index contributed by atoms with van der Waals surface area (Å²) in [5.74, 6) is -0.365. The Bertz CT molecular complexity index is 963. The van der Waals surface area contributed by atoms with E-state index >= 15 is 0 Å². The lowest BCUT2D eigenvalue weighted by atomic mass is 10.1. The maximum atomic E-state index is 14.0. The van der Waals surface area contributed by atoms with Gasteiger partial charge in [-0.1, -0.05) is 41.9 Å². The van der Waals surface area contributed by atoms with Gasteiger partial charge in [0, 0.05) is 28.1 Å². The van der Waals surface area contributed by atoms with Gasteiger partial charge in [-0.3, -0.25) is 14.6 Å². The Balaban J connectivity index is 1.62. The van der Waals surface area contributed by atoms with Crippen LogP contribution in [0, 0.1) is 5.82 Å². The number of rotatable bonds is 4. The topological polar surface area (TPSA) is 23.6 Å². The molecule has 1 amide bonds. The standard InChI is InChI=1S/C20H16ClFN2O/c1-23(11-15-16(21)8-4-9-17(15)22)12-24-18-10-3-6-13-5-2-7-14(19(13)18)20(24)25/h2-10H,11-12H2,1H3. The predicted molar refractivity (Wildman–Crippen MR) is 98.5 cm³/mol. The molecule has 0 radical (unpaired) electrons. The molecule has 1 heterocycles. The Labute approximate surface area is 150 Å². The van der Waals surface area contributed by atoms with Gasteiger partial charge in [0.25, 0.3) is 5.91 Å². The molecule has 0 bridgehead atoms. The van der Waals surface area contributed by atoms with Crippen molar-refractivity contribution in [2.24, 2.45) is 0 Å². The van der Waals surface area contributed by atoms with Crippen molar-refractivity contribution in [3.05, 3.63) is 76.6 Å². The first kappa shape index (κ1) is 16.1. The van der Waals surface area contributed by atoms with Crippen LogP contribution in [0.25, 0.3) is 10.8 Å². The molecule has 1 aliphatic rings. The highest BCUT2D eigenvalue weighted by atomic mass is 35.5. The molecule has 25 heavy (non-hydrogen) atoms. The molecule has 0 saturated heterocycles. The maximum absolute atomic E-state index is 14.0. The maximum Gasteiger partial charge on any atom is 0.260 e. The molecule has 0 unspecified atom stereocenters. The minimum absolute atomic E-state index is 0.0294. The minimum Gasteiger partial charge on any atom is -0.294 e. The van der Waals surface area contributed by atoms with Crippen LogP contribution < -0.4 is 4.90 Å². The Morgan fingerprint density at radius 3 is 2.56 bits per heavy atom. The van der Waals surface area contributed by atoms with Crippen molar-refractivity contribution in [1.82, 2.24) is 4.90 Å². The number of anilines is 1. The number of nitrogens with zero attached hydrogens (tertiary/aromatic N) is 2. The fourth-order valence-electron chi connectivity index (χ4n) is 3.36. The highest BCUT2D eigenvalue weighted by Crippen LogP contribution is 2.37. The van der Waals surface area contributed by atoms with Crippen LogP contribution in [0.2, 0.25) is 5.02 Å². The summed E-state index contributed by atoms with van der Waals surface area (Å²) < 4.78 is 14.0. The van der Waals surface area contributed by atoms with E-state index in [9.17, 15) is 9.18 Å². The van der Waals surface area contributed by atoms with E-state index < -0.39 is 0 Å².